The fraction of sp³-hybridized carbons (Fsp3) is 0.314. The molecule has 1 aliphatic carbocycles. The van der Waals surface area contributed by atoms with Gasteiger partial charge in [0.15, 0.2) is 5.65 Å². The summed E-state index contributed by atoms with van der Waals surface area (Å²) in [6.45, 7) is 5.79. The molecule has 1 aliphatic rings. The number of aliphatic hydroxyl groups is 1. The number of benzene rings is 2. The van der Waals surface area contributed by atoms with Crippen LogP contribution in [0.15, 0.2) is 78.2 Å². The number of ether oxygens (including phenoxy) is 1. The summed E-state index contributed by atoms with van der Waals surface area (Å²) in [6.07, 6.45) is 6.54. The number of fused-ring (bicyclic) bond motifs is 2. The Hall–Kier alpha value is -5.21. The molecule has 1 amide bonds. The molecule has 14 heteroatoms. The molecule has 4 heterocycles. The summed E-state index contributed by atoms with van der Waals surface area (Å²) >= 11 is 0. The van der Waals surface area contributed by atoms with Gasteiger partial charge in [-0.05, 0) is 63.4 Å². The predicted molar refractivity (Wildman–Crippen MR) is 187 cm³/mol. The zero-order chi connectivity index (χ0) is 34.6. The maximum absolute atomic E-state index is 14.7. The Kier molecular flexibility index (Phi) is 8.15. The van der Waals surface area contributed by atoms with Crippen molar-refractivity contribution < 1.29 is 23.1 Å². The second kappa shape index (κ2) is 12.3. The van der Waals surface area contributed by atoms with Crippen LogP contribution in [-0.2, 0) is 21.8 Å². The SMILES string of the molecule is COC(=O)NC1CC(Nc2c(C(C)O)cnc3c2c(-c2ccc4c(cnn4C(C)C)c2)c(-c2cnn(C)c2)n3S(=O)(=O)c2ccccc2)C1. The predicted octanol–water partition coefficient (Wildman–Crippen LogP) is 5.62. The van der Waals surface area contributed by atoms with Gasteiger partial charge in [-0.2, -0.15) is 10.2 Å². The number of amides is 1. The van der Waals surface area contributed by atoms with E-state index in [9.17, 15) is 18.3 Å². The Morgan fingerprint density at radius 1 is 1.00 bits per heavy atom. The molecule has 0 bridgehead atoms. The van der Waals surface area contributed by atoms with Crippen LogP contribution in [0.1, 0.15) is 51.3 Å². The van der Waals surface area contributed by atoms with Crippen molar-refractivity contribution in [2.75, 3.05) is 12.4 Å². The number of carbonyl (C=O) groups is 1. The number of nitrogens with zero attached hydrogens (tertiary/aromatic N) is 6. The minimum atomic E-state index is -4.22. The highest BCUT2D eigenvalue weighted by Gasteiger charge is 2.36. The summed E-state index contributed by atoms with van der Waals surface area (Å²) in [4.78, 5) is 16.7. The Morgan fingerprint density at radius 3 is 2.41 bits per heavy atom. The van der Waals surface area contributed by atoms with Gasteiger partial charge in [-0.15, -0.1) is 0 Å². The number of hydrogen-bond donors (Lipinski definition) is 3. The number of methoxy groups -OCH3 is 1. The molecule has 1 fully saturated rings. The first-order chi connectivity index (χ1) is 23.5. The molecular weight excluding hydrogens is 645 g/mol. The monoisotopic (exact) mass is 682 g/mol. The largest absolute Gasteiger partial charge is 0.453 e. The zero-order valence-corrected chi connectivity index (χ0v) is 28.6. The summed E-state index contributed by atoms with van der Waals surface area (Å²) in [7, 11) is -1.11. The second-order valence-corrected chi connectivity index (χ2v) is 14.6. The number of aryl methyl sites for hydroxylation is 1. The molecule has 7 rings (SSSR count). The van der Waals surface area contributed by atoms with Crippen molar-refractivity contribution >= 4 is 43.7 Å². The van der Waals surface area contributed by atoms with E-state index in [0.717, 1.165) is 16.5 Å². The molecule has 3 N–H and O–H groups in total. The number of rotatable bonds is 9. The van der Waals surface area contributed by atoms with Crippen LogP contribution in [0.25, 0.3) is 44.3 Å². The maximum Gasteiger partial charge on any atom is 0.407 e. The minimum absolute atomic E-state index is 0.0826. The third-order valence-electron chi connectivity index (χ3n) is 9.05. The molecule has 6 aromatic rings. The Labute approximate surface area is 283 Å². The van der Waals surface area contributed by atoms with Crippen molar-refractivity contribution in [2.24, 2.45) is 7.05 Å². The highest BCUT2D eigenvalue weighted by Crippen LogP contribution is 2.48. The third kappa shape index (κ3) is 5.60. The highest BCUT2D eigenvalue weighted by atomic mass is 32.2. The number of anilines is 1. The Bertz CT molecular complexity index is 2300. The maximum atomic E-state index is 14.7. The average Bonchev–Trinajstić information content (AvgIpc) is 3.78. The lowest BCUT2D eigenvalue weighted by atomic mass is 9.86. The van der Waals surface area contributed by atoms with Gasteiger partial charge in [-0.1, -0.05) is 24.3 Å². The van der Waals surface area contributed by atoms with Gasteiger partial charge in [0.1, 0.15) is 0 Å². The summed E-state index contributed by atoms with van der Waals surface area (Å²) < 4.78 is 39.1. The molecule has 4 aromatic heterocycles. The number of aliphatic hydroxyl groups excluding tert-OH is 1. The zero-order valence-electron chi connectivity index (χ0n) is 27.8. The second-order valence-electron chi connectivity index (χ2n) is 12.8. The van der Waals surface area contributed by atoms with E-state index in [-0.39, 0.29) is 28.7 Å². The average molecular weight is 683 g/mol. The Morgan fingerprint density at radius 2 is 1.76 bits per heavy atom. The number of carbonyl (C=O) groups excluding carboxylic acids is 1. The van der Waals surface area contributed by atoms with Crippen molar-refractivity contribution in [3.8, 4) is 22.4 Å². The van der Waals surface area contributed by atoms with E-state index < -0.39 is 22.2 Å². The van der Waals surface area contributed by atoms with Crippen molar-refractivity contribution in [2.45, 2.75) is 62.7 Å². The third-order valence-corrected chi connectivity index (χ3v) is 10.8. The van der Waals surface area contributed by atoms with Crippen LogP contribution in [0.2, 0.25) is 0 Å². The van der Waals surface area contributed by atoms with E-state index in [2.05, 4.69) is 34.7 Å². The van der Waals surface area contributed by atoms with E-state index in [1.54, 1.807) is 61.4 Å². The molecule has 1 saturated carbocycles. The topological polar surface area (TPSA) is 158 Å². The summed E-state index contributed by atoms with van der Waals surface area (Å²) in [5, 5.41) is 28.0. The van der Waals surface area contributed by atoms with Gasteiger partial charge >= 0.3 is 6.09 Å². The van der Waals surface area contributed by atoms with E-state index in [1.165, 1.54) is 17.3 Å². The number of pyridine rings is 1. The van der Waals surface area contributed by atoms with Crippen LogP contribution in [-0.4, -0.2) is 67.3 Å². The fourth-order valence-electron chi connectivity index (χ4n) is 6.63. The van der Waals surface area contributed by atoms with Crippen molar-refractivity contribution in [1.82, 2.24) is 33.8 Å². The number of alkyl carbamates (subject to hydrolysis) is 1. The van der Waals surface area contributed by atoms with Gasteiger partial charge in [-0.3, -0.25) is 9.36 Å². The van der Waals surface area contributed by atoms with Gasteiger partial charge in [0.25, 0.3) is 10.0 Å². The van der Waals surface area contributed by atoms with Gasteiger partial charge in [0, 0.05) is 59.6 Å². The van der Waals surface area contributed by atoms with E-state index in [1.807, 2.05) is 29.1 Å². The fourth-order valence-corrected chi connectivity index (χ4v) is 8.14. The van der Waals surface area contributed by atoms with Crippen LogP contribution in [0.5, 0.6) is 0 Å². The molecule has 0 radical (unpaired) electrons. The molecular formula is C35H38N8O5S. The van der Waals surface area contributed by atoms with Gasteiger partial charge < -0.3 is 20.5 Å². The van der Waals surface area contributed by atoms with Crippen LogP contribution in [0.3, 0.4) is 0 Å². The molecule has 1 unspecified atom stereocenters. The molecule has 0 saturated heterocycles. The van der Waals surface area contributed by atoms with Gasteiger partial charge in [0.2, 0.25) is 0 Å². The summed E-state index contributed by atoms with van der Waals surface area (Å²) in [5.41, 5.74) is 4.55. The van der Waals surface area contributed by atoms with Crippen LogP contribution in [0.4, 0.5) is 10.5 Å². The molecule has 13 nitrogen and oxygen atoms in total. The quantitative estimate of drug-likeness (QED) is 0.176. The first-order valence-electron chi connectivity index (χ1n) is 16.1. The van der Waals surface area contributed by atoms with Crippen LogP contribution in [0, 0.1) is 0 Å². The molecule has 49 heavy (non-hydrogen) atoms. The minimum Gasteiger partial charge on any atom is -0.453 e. The summed E-state index contributed by atoms with van der Waals surface area (Å²) in [5.74, 6) is 0. The number of aromatic nitrogens is 6. The van der Waals surface area contributed by atoms with Gasteiger partial charge in [0.05, 0.1) is 52.8 Å². The van der Waals surface area contributed by atoms with Gasteiger partial charge in [-0.25, -0.2) is 22.2 Å². The number of nitrogens with one attached hydrogen (secondary N) is 2. The lowest BCUT2D eigenvalue weighted by Crippen LogP contribution is -2.49. The smallest absolute Gasteiger partial charge is 0.407 e. The highest BCUT2D eigenvalue weighted by molar-refractivity contribution is 7.90. The normalized spacial score (nSPS) is 17.0. The summed E-state index contributed by atoms with van der Waals surface area (Å²) in [6, 6.07) is 14.2. The molecule has 0 aliphatic heterocycles. The van der Waals surface area contributed by atoms with Crippen LogP contribution < -0.4 is 10.6 Å². The van der Waals surface area contributed by atoms with Crippen molar-refractivity contribution in [1.29, 1.82) is 0 Å². The van der Waals surface area contributed by atoms with E-state index in [0.29, 0.717) is 46.3 Å². The molecule has 0 spiro atoms. The van der Waals surface area contributed by atoms with Crippen molar-refractivity contribution in [3.63, 3.8) is 0 Å². The first kappa shape index (κ1) is 32.3. The molecule has 2 aromatic carbocycles. The first-order valence-corrected chi connectivity index (χ1v) is 17.6. The van der Waals surface area contributed by atoms with Crippen molar-refractivity contribution in [3.05, 3.63) is 78.9 Å². The van der Waals surface area contributed by atoms with Crippen LogP contribution >= 0.6 is 0 Å². The number of hydrogen-bond acceptors (Lipinski definition) is 9. The standard InChI is InChI=1S/C35H38N8O5S/c1-20(2)42-29-12-11-22(13-23(29)16-38-42)30-31-32(39-25-14-26(15-25)40-35(45)48-5)28(21(3)44)18-36-34(31)43(33(30)24-17-37-41(4)19-24)49(46,47)27-9-7-6-8-10-27/h6-13,16-21,25-26,44H,14-15H2,1-5H3,(H,36,39)(H,40,45). The Balaban J connectivity index is 1.55. The van der Waals surface area contributed by atoms with E-state index in [4.69, 9.17) is 9.72 Å². The van der Waals surface area contributed by atoms with E-state index >= 15 is 0 Å². The lowest BCUT2D eigenvalue weighted by molar-refractivity contribution is 0.158. The molecule has 1 atom stereocenters. The molecule has 254 valence electrons. The lowest BCUT2D eigenvalue weighted by Gasteiger charge is -2.37.